The molecule has 3 heteroatoms. The van der Waals surface area contributed by atoms with Crippen LogP contribution in [-0.2, 0) is 0 Å². The molecular weight excluding hydrogens is 238 g/mol. The molecule has 0 aliphatic carbocycles. The number of carbonyl (C=O) groups is 1. The lowest BCUT2D eigenvalue weighted by atomic mass is 10.0. The third-order valence-corrected chi connectivity index (χ3v) is 2.95. The summed E-state index contributed by atoms with van der Waals surface area (Å²) < 4.78 is 5.72. The van der Waals surface area contributed by atoms with Gasteiger partial charge in [-0.3, -0.25) is 4.79 Å². The molecule has 19 heavy (non-hydrogen) atoms. The van der Waals surface area contributed by atoms with Gasteiger partial charge >= 0.3 is 0 Å². The van der Waals surface area contributed by atoms with Crippen molar-refractivity contribution in [3.8, 4) is 11.6 Å². The standard InChI is InChI=1S/C16H17NO2/c1-11(2)14-4-6-15(7-5-14)19-16-12(3)8-13(10-18)9-17-16/h4-11H,1-3H3. The maximum Gasteiger partial charge on any atom is 0.222 e. The van der Waals surface area contributed by atoms with E-state index in [1.807, 2.05) is 19.1 Å². The summed E-state index contributed by atoms with van der Waals surface area (Å²) in [7, 11) is 0. The summed E-state index contributed by atoms with van der Waals surface area (Å²) in [6.07, 6.45) is 2.29. The van der Waals surface area contributed by atoms with Crippen molar-refractivity contribution in [3.63, 3.8) is 0 Å². The predicted molar refractivity (Wildman–Crippen MR) is 75.0 cm³/mol. The van der Waals surface area contributed by atoms with E-state index >= 15 is 0 Å². The number of pyridine rings is 1. The summed E-state index contributed by atoms with van der Waals surface area (Å²) in [5.41, 5.74) is 2.67. The predicted octanol–water partition coefficient (Wildman–Crippen LogP) is 4.12. The average molecular weight is 255 g/mol. The summed E-state index contributed by atoms with van der Waals surface area (Å²) in [5.74, 6) is 1.78. The number of aryl methyl sites for hydroxylation is 1. The molecule has 0 radical (unpaired) electrons. The second-order valence-electron chi connectivity index (χ2n) is 4.83. The van der Waals surface area contributed by atoms with Crippen LogP contribution in [0.3, 0.4) is 0 Å². The minimum Gasteiger partial charge on any atom is -0.439 e. The lowest BCUT2D eigenvalue weighted by Gasteiger charge is -2.09. The first kappa shape index (κ1) is 13.3. The van der Waals surface area contributed by atoms with Crippen LogP contribution in [0.1, 0.15) is 41.3 Å². The van der Waals surface area contributed by atoms with E-state index in [2.05, 4.69) is 31.0 Å². The molecule has 0 fully saturated rings. The third kappa shape index (κ3) is 3.19. The zero-order valence-corrected chi connectivity index (χ0v) is 11.4. The van der Waals surface area contributed by atoms with Crippen LogP contribution in [0.15, 0.2) is 36.5 Å². The maximum absolute atomic E-state index is 10.6. The molecule has 0 atom stereocenters. The van der Waals surface area contributed by atoms with E-state index in [0.29, 0.717) is 17.4 Å². The molecule has 0 N–H and O–H groups in total. The number of aldehydes is 1. The monoisotopic (exact) mass is 255 g/mol. The van der Waals surface area contributed by atoms with Crippen molar-refractivity contribution >= 4 is 6.29 Å². The van der Waals surface area contributed by atoms with Gasteiger partial charge in [-0.25, -0.2) is 4.98 Å². The first-order chi connectivity index (χ1) is 9.10. The number of benzene rings is 1. The van der Waals surface area contributed by atoms with Gasteiger partial charge in [-0.05, 0) is 36.6 Å². The molecule has 2 aromatic rings. The molecule has 0 unspecified atom stereocenters. The van der Waals surface area contributed by atoms with Gasteiger partial charge in [-0.1, -0.05) is 26.0 Å². The highest BCUT2D eigenvalue weighted by Crippen LogP contribution is 2.24. The molecule has 0 bridgehead atoms. The van der Waals surface area contributed by atoms with Crippen LogP contribution in [0.4, 0.5) is 0 Å². The van der Waals surface area contributed by atoms with Gasteiger partial charge in [-0.2, -0.15) is 0 Å². The highest BCUT2D eigenvalue weighted by molar-refractivity contribution is 5.74. The summed E-state index contributed by atoms with van der Waals surface area (Å²) in [6, 6.07) is 9.73. The van der Waals surface area contributed by atoms with Gasteiger partial charge in [0, 0.05) is 17.3 Å². The highest BCUT2D eigenvalue weighted by atomic mass is 16.5. The smallest absolute Gasteiger partial charge is 0.222 e. The van der Waals surface area contributed by atoms with Crippen molar-refractivity contribution in [1.29, 1.82) is 0 Å². The lowest BCUT2D eigenvalue weighted by Crippen LogP contribution is -1.94. The number of ether oxygens (including phenoxy) is 1. The van der Waals surface area contributed by atoms with Crippen LogP contribution in [0, 0.1) is 6.92 Å². The Morgan fingerprint density at radius 3 is 2.42 bits per heavy atom. The Kier molecular flexibility index (Phi) is 3.95. The molecule has 2 rings (SSSR count). The van der Waals surface area contributed by atoms with Gasteiger partial charge in [0.15, 0.2) is 6.29 Å². The topological polar surface area (TPSA) is 39.2 Å². The van der Waals surface area contributed by atoms with E-state index in [1.165, 1.54) is 11.8 Å². The second-order valence-corrected chi connectivity index (χ2v) is 4.83. The van der Waals surface area contributed by atoms with Gasteiger partial charge in [0.1, 0.15) is 5.75 Å². The number of rotatable bonds is 4. The second kappa shape index (κ2) is 5.65. The molecule has 3 nitrogen and oxygen atoms in total. The van der Waals surface area contributed by atoms with Crippen LogP contribution in [0.5, 0.6) is 11.6 Å². The summed E-state index contributed by atoms with van der Waals surface area (Å²) in [5, 5.41) is 0. The number of hydrogen-bond acceptors (Lipinski definition) is 3. The van der Waals surface area contributed by atoms with E-state index in [-0.39, 0.29) is 0 Å². The Hall–Kier alpha value is -2.16. The Bertz CT molecular complexity index is 574. The summed E-state index contributed by atoms with van der Waals surface area (Å²) >= 11 is 0. The first-order valence-electron chi connectivity index (χ1n) is 6.30. The zero-order chi connectivity index (χ0) is 13.8. The molecular formula is C16H17NO2. The molecule has 0 saturated carbocycles. The van der Waals surface area contributed by atoms with E-state index in [1.54, 1.807) is 6.07 Å². The van der Waals surface area contributed by atoms with Crippen LogP contribution in [0.2, 0.25) is 0 Å². The fourth-order valence-corrected chi connectivity index (χ4v) is 1.79. The molecule has 1 aromatic heterocycles. The number of hydrogen-bond donors (Lipinski definition) is 0. The van der Waals surface area contributed by atoms with Gasteiger partial charge in [0.2, 0.25) is 5.88 Å². The molecule has 1 aromatic carbocycles. The fraction of sp³-hybridized carbons (Fsp3) is 0.250. The molecule has 0 saturated heterocycles. The minimum atomic E-state index is 0.501. The molecule has 0 amide bonds. The van der Waals surface area contributed by atoms with Gasteiger partial charge in [0.05, 0.1) is 0 Å². The SMILES string of the molecule is Cc1cc(C=O)cnc1Oc1ccc(C(C)C)cc1. The Morgan fingerprint density at radius 2 is 1.89 bits per heavy atom. The highest BCUT2D eigenvalue weighted by Gasteiger charge is 2.05. The van der Waals surface area contributed by atoms with Crippen LogP contribution in [0.25, 0.3) is 0 Å². The van der Waals surface area contributed by atoms with Crippen LogP contribution in [-0.4, -0.2) is 11.3 Å². The van der Waals surface area contributed by atoms with E-state index < -0.39 is 0 Å². The van der Waals surface area contributed by atoms with Crippen molar-refractivity contribution in [3.05, 3.63) is 53.2 Å². The quantitative estimate of drug-likeness (QED) is 0.771. The van der Waals surface area contributed by atoms with E-state index in [0.717, 1.165) is 17.6 Å². The third-order valence-electron chi connectivity index (χ3n) is 2.95. The van der Waals surface area contributed by atoms with Gasteiger partial charge in [-0.15, -0.1) is 0 Å². The maximum atomic E-state index is 10.6. The normalized spacial score (nSPS) is 10.5. The van der Waals surface area contributed by atoms with E-state index in [9.17, 15) is 4.79 Å². The van der Waals surface area contributed by atoms with Crippen molar-refractivity contribution < 1.29 is 9.53 Å². The number of nitrogens with zero attached hydrogens (tertiary/aromatic N) is 1. The Labute approximate surface area is 113 Å². The molecule has 0 spiro atoms. The van der Waals surface area contributed by atoms with Gasteiger partial charge in [0.25, 0.3) is 0 Å². The van der Waals surface area contributed by atoms with Crippen molar-refractivity contribution in [1.82, 2.24) is 4.98 Å². The largest absolute Gasteiger partial charge is 0.439 e. The Balaban J connectivity index is 2.19. The molecule has 0 aliphatic rings. The van der Waals surface area contributed by atoms with Crippen LogP contribution >= 0.6 is 0 Å². The zero-order valence-electron chi connectivity index (χ0n) is 11.4. The fourth-order valence-electron chi connectivity index (χ4n) is 1.79. The number of carbonyl (C=O) groups excluding carboxylic acids is 1. The molecule has 1 heterocycles. The summed E-state index contributed by atoms with van der Waals surface area (Å²) in [4.78, 5) is 14.8. The minimum absolute atomic E-state index is 0.501. The van der Waals surface area contributed by atoms with E-state index in [4.69, 9.17) is 4.74 Å². The molecule has 0 aliphatic heterocycles. The van der Waals surface area contributed by atoms with Crippen molar-refractivity contribution in [2.24, 2.45) is 0 Å². The number of aromatic nitrogens is 1. The van der Waals surface area contributed by atoms with Crippen molar-refractivity contribution in [2.45, 2.75) is 26.7 Å². The van der Waals surface area contributed by atoms with Gasteiger partial charge < -0.3 is 4.74 Å². The molecule has 98 valence electrons. The first-order valence-corrected chi connectivity index (χ1v) is 6.30. The Morgan fingerprint density at radius 1 is 1.21 bits per heavy atom. The van der Waals surface area contributed by atoms with Crippen molar-refractivity contribution in [2.75, 3.05) is 0 Å². The summed E-state index contributed by atoms with van der Waals surface area (Å²) in [6.45, 7) is 6.18. The average Bonchev–Trinajstić information content (AvgIpc) is 2.41. The van der Waals surface area contributed by atoms with Crippen LogP contribution < -0.4 is 4.74 Å². The lowest BCUT2D eigenvalue weighted by molar-refractivity contribution is 0.112.